The number of aliphatic imine (C=N–C) groups is 1. The summed E-state index contributed by atoms with van der Waals surface area (Å²) in [5, 5.41) is 6.99. The quantitative estimate of drug-likeness (QED) is 0.428. The van der Waals surface area contributed by atoms with Crippen LogP contribution in [-0.2, 0) is 0 Å². The van der Waals surface area contributed by atoms with Crippen molar-refractivity contribution in [2.24, 2.45) is 4.99 Å². The van der Waals surface area contributed by atoms with Crippen LogP contribution < -0.4 is 10.6 Å². The minimum absolute atomic E-state index is 0.600. The minimum atomic E-state index is 0.600. The van der Waals surface area contributed by atoms with Gasteiger partial charge in [-0.3, -0.25) is 4.99 Å². The molecule has 116 valence electrons. The molecule has 2 fully saturated rings. The van der Waals surface area contributed by atoms with Crippen molar-refractivity contribution in [3.05, 3.63) is 0 Å². The number of rotatable bonds is 7. The lowest BCUT2D eigenvalue weighted by atomic mass is 10.1. The molecule has 5 heteroatoms. The van der Waals surface area contributed by atoms with Gasteiger partial charge in [0, 0.05) is 38.3 Å². The summed E-state index contributed by atoms with van der Waals surface area (Å²) in [5.41, 5.74) is 0. The molecule has 0 spiro atoms. The fourth-order valence-electron chi connectivity index (χ4n) is 2.76. The second-order valence-corrected chi connectivity index (χ2v) is 6.78. The summed E-state index contributed by atoms with van der Waals surface area (Å²) in [4.78, 5) is 7.35. The predicted octanol–water partition coefficient (Wildman–Crippen LogP) is 1.92. The third kappa shape index (κ3) is 5.52. The summed E-state index contributed by atoms with van der Waals surface area (Å²) in [6, 6.07) is 1.52. The number of guanidine groups is 1. The number of thioether (sulfide) groups is 1. The van der Waals surface area contributed by atoms with Gasteiger partial charge >= 0.3 is 0 Å². The molecule has 2 N–H and O–H groups in total. The van der Waals surface area contributed by atoms with Crippen LogP contribution in [0.5, 0.6) is 0 Å². The SMILES string of the molecule is CCNC(=NCCCSC)NC1CCN(C2CC2)CC1. The molecule has 0 unspecified atom stereocenters. The molecule has 1 aliphatic heterocycles. The molecule has 1 heterocycles. The van der Waals surface area contributed by atoms with Gasteiger partial charge in [0.15, 0.2) is 5.96 Å². The van der Waals surface area contributed by atoms with Gasteiger partial charge in [-0.05, 0) is 51.0 Å². The molecule has 4 nitrogen and oxygen atoms in total. The van der Waals surface area contributed by atoms with Crippen LogP contribution in [0.3, 0.4) is 0 Å². The molecule has 0 radical (unpaired) electrons. The average Bonchev–Trinajstić information content (AvgIpc) is 3.29. The number of hydrogen-bond donors (Lipinski definition) is 2. The molecule has 0 aromatic rings. The lowest BCUT2D eigenvalue weighted by molar-refractivity contribution is 0.197. The van der Waals surface area contributed by atoms with E-state index >= 15 is 0 Å². The Morgan fingerprint density at radius 1 is 1.25 bits per heavy atom. The predicted molar refractivity (Wildman–Crippen MR) is 89.7 cm³/mol. The zero-order valence-corrected chi connectivity index (χ0v) is 13.8. The maximum Gasteiger partial charge on any atom is 0.191 e. The van der Waals surface area contributed by atoms with Crippen molar-refractivity contribution in [3.8, 4) is 0 Å². The Morgan fingerprint density at radius 3 is 2.60 bits per heavy atom. The van der Waals surface area contributed by atoms with Gasteiger partial charge in [0.25, 0.3) is 0 Å². The van der Waals surface area contributed by atoms with Crippen molar-refractivity contribution in [1.82, 2.24) is 15.5 Å². The molecule has 0 atom stereocenters. The molecule has 1 saturated heterocycles. The molecule has 1 aliphatic carbocycles. The summed E-state index contributed by atoms with van der Waals surface area (Å²) >= 11 is 1.90. The van der Waals surface area contributed by atoms with Gasteiger partial charge in [0.05, 0.1) is 0 Å². The summed E-state index contributed by atoms with van der Waals surface area (Å²) in [6.45, 7) is 6.52. The van der Waals surface area contributed by atoms with Crippen molar-refractivity contribution in [2.45, 2.75) is 51.1 Å². The Labute approximate surface area is 128 Å². The monoisotopic (exact) mass is 298 g/mol. The lowest BCUT2D eigenvalue weighted by Crippen LogP contribution is -2.49. The van der Waals surface area contributed by atoms with Gasteiger partial charge in [0.2, 0.25) is 0 Å². The number of nitrogens with one attached hydrogen (secondary N) is 2. The molecule has 1 saturated carbocycles. The van der Waals surface area contributed by atoms with Crippen LogP contribution in [0.1, 0.15) is 39.0 Å². The van der Waals surface area contributed by atoms with E-state index in [1.165, 1.54) is 44.5 Å². The van der Waals surface area contributed by atoms with Crippen molar-refractivity contribution < 1.29 is 0 Å². The Morgan fingerprint density at radius 2 is 2.00 bits per heavy atom. The third-order valence-electron chi connectivity index (χ3n) is 4.05. The summed E-state index contributed by atoms with van der Waals surface area (Å²) in [5.74, 6) is 2.21. The summed E-state index contributed by atoms with van der Waals surface area (Å²) in [6.07, 6.45) is 8.69. The van der Waals surface area contributed by atoms with Crippen LogP contribution >= 0.6 is 11.8 Å². The van der Waals surface area contributed by atoms with Crippen LogP contribution in [0.4, 0.5) is 0 Å². The Bertz CT molecular complexity index is 296. The van der Waals surface area contributed by atoms with E-state index in [9.17, 15) is 0 Å². The first kappa shape index (κ1) is 16.0. The van der Waals surface area contributed by atoms with Crippen LogP contribution in [-0.4, -0.2) is 61.1 Å². The third-order valence-corrected chi connectivity index (χ3v) is 4.75. The van der Waals surface area contributed by atoms with Crippen LogP contribution in [0.2, 0.25) is 0 Å². The standard InChI is InChI=1S/C15H30N4S/c1-3-16-15(17-9-4-12-20-2)18-13-7-10-19(11-8-13)14-5-6-14/h13-14H,3-12H2,1-2H3,(H2,16,17,18). The number of piperidine rings is 1. The first-order chi connectivity index (χ1) is 9.83. The van der Waals surface area contributed by atoms with E-state index in [0.29, 0.717) is 6.04 Å². The highest BCUT2D eigenvalue weighted by atomic mass is 32.2. The first-order valence-corrected chi connectivity index (χ1v) is 9.50. The fourth-order valence-corrected chi connectivity index (χ4v) is 3.18. The topological polar surface area (TPSA) is 39.7 Å². The molecule has 0 aromatic heterocycles. The van der Waals surface area contributed by atoms with Crippen LogP contribution in [0, 0.1) is 0 Å². The average molecular weight is 299 g/mol. The highest BCUT2D eigenvalue weighted by Gasteiger charge is 2.31. The van der Waals surface area contributed by atoms with E-state index in [4.69, 9.17) is 0 Å². The van der Waals surface area contributed by atoms with E-state index in [2.05, 4.69) is 33.7 Å². The molecular formula is C15H30N4S. The van der Waals surface area contributed by atoms with E-state index in [1.54, 1.807) is 0 Å². The van der Waals surface area contributed by atoms with E-state index in [0.717, 1.165) is 31.5 Å². The molecular weight excluding hydrogens is 268 g/mol. The van der Waals surface area contributed by atoms with E-state index in [-0.39, 0.29) is 0 Å². The van der Waals surface area contributed by atoms with Crippen molar-refractivity contribution in [3.63, 3.8) is 0 Å². The van der Waals surface area contributed by atoms with Gasteiger partial charge in [-0.25, -0.2) is 0 Å². The largest absolute Gasteiger partial charge is 0.357 e. The van der Waals surface area contributed by atoms with Crippen molar-refractivity contribution in [1.29, 1.82) is 0 Å². The van der Waals surface area contributed by atoms with E-state index in [1.807, 2.05) is 11.8 Å². The normalized spacial score (nSPS) is 22.0. The zero-order chi connectivity index (χ0) is 14.2. The molecule has 0 amide bonds. The van der Waals surface area contributed by atoms with Gasteiger partial charge in [-0.15, -0.1) is 0 Å². The minimum Gasteiger partial charge on any atom is -0.357 e. The van der Waals surface area contributed by atoms with Gasteiger partial charge in [-0.2, -0.15) is 11.8 Å². The first-order valence-electron chi connectivity index (χ1n) is 8.11. The summed E-state index contributed by atoms with van der Waals surface area (Å²) in [7, 11) is 0. The Kier molecular flexibility index (Phi) is 7.00. The number of likely N-dealkylation sites (tertiary alicyclic amines) is 1. The zero-order valence-electron chi connectivity index (χ0n) is 13.0. The van der Waals surface area contributed by atoms with Crippen LogP contribution in [0.15, 0.2) is 4.99 Å². The second-order valence-electron chi connectivity index (χ2n) is 5.79. The maximum absolute atomic E-state index is 4.68. The highest BCUT2D eigenvalue weighted by molar-refractivity contribution is 7.98. The smallest absolute Gasteiger partial charge is 0.191 e. The van der Waals surface area contributed by atoms with Crippen molar-refractivity contribution in [2.75, 3.05) is 38.2 Å². The molecule has 2 rings (SSSR count). The fraction of sp³-hybridized carbons (Fsp3) is 0.933. The number of hydrogen-bond acceptors (Lipinski definition) is 3. The highest BCUT2D eigenvalue weighted by Crippen LogP contribution is 2.29. The molecule has 20 heavy (non-hydrogen) atoms. The molecule has 0 aromatic carbocycles. The van der Waals surface area contributed by atoms with Crippen molar-refractivity contribution >= 4 is 17.7 Å². The molecule has 0 bridgehead atoms. The Balaban J connectivity index is 1.70. The lowest BCUT2D eigenvalue weighted by Gasteiger charge is -2.33. The Hall–Kier alpha value is -0.420. The maximum atomic E-state index is 4.68. The van der Waals surface area contributed by atoms with Gasteiger partial charge in [0.1, 0.15) is 0 Å². The number of nitrogens with zero attached hydrogens (tertiary/aromatic N) is 2. The molecule has 2 aliphatic rings. The van der Waals surface area contributed by atoms with Gasteiger partial charge in [-0.1, -0.05) is 0 Å². The van der Waals surface area contributed by atoms with E-state index < -0.39 is 0 Å². The van der Waals surface area contributed by atoms with Gasteiger partial charge < -0.3 is 15.5 Å². The second kappa shape index (κ2) is 8.78. The van der Waals surface area contributed by atoms with Crippen LogP contribution in [0.25, 0.3) is 0 Å². The summed E-state index contributed by atoms with van der Waals surface area (Å²) < 4.78 is 0.